The van der Waals surface area contributed by atoms with Gasteiger partial charge in [0.2, 0.25) is 0 Å². The molecule has 2 aromatic carbocycles. The van der Waals surface area contributed by atoms with E-state index in [1.54, 1.807) is 0 Å². The van der Waals surface area contributed by atoms with Crippen LogP contribution < -0.4 is 0 Å². The van der Waals surface area contributed by atoms with E-state index in [1.807, 2.05) is 30.3 Å². The third-order valence-electron chi connectivity index (χ3n) is 3.29. The molecule has 3 aromatic rings. The fourth-order valence-corrected chi connectivity index (χ4v) is 1.96. The maximum absolute atomic E-state index is 9.62. The Balaban J connectivity index is 0.000000301. The molecule has 0 fully saturated rings. The molecule has 0 bridgehead atoms. The number of aliphatic carboxylic acids is 1. The molecule has 1 atom stereocenters. The van der Waals surface area contributed by atoms with Gasteiger partial charge in [0.25, 0.3) is 0 Å². The first-order chi connectivity index (χ1) is 11.5. The highest BCUT2D eigenvalue weighted by Gasteiger charge is 2.11. The Morgan fingerprint density at radius 3 is 2.21 bits per heavy atom. The maximum Gasteiger partial charge on any atom is 0.316 e. The van der Waals surface area contributed by atoms with Gasteiger partial charge in [-0.25, -0.2) is 4.98 Å². The summed E-state index contributed by atoms with van der Waals surface area (Å²) in [6, 6.07) is 18.3. The minimum atomic E-state index is -0.877. The van der Waals surface area contributed by atoms with E-state index in [-0.39, 0.29) is 0 Å². The summed E-state index contributed by atoms with van der Waals surface area (Å²) >= 11 is 3.59. The summed E-state index contributed by atoms with van der Waals surface area (Å²) in [6.07, 6.45) is 1.50. The van der Waals surface area contributed by atoms with Crippen LogP contribution in [0.4, 0.5) is 0 Å². The second-order valence-electron chi connectivity index (χ2n) is 5.28. The van der Waals surface area contributed by atoms with Crippen LogP contribution in [-0.4, -0.2) is 21.3 Å². The maximum atomic E-state index is 9.62. The first-order valence-electron chi connectivity index (χ1n) is 7.46. The van der Waals surface area contributed by atoms with Gasteiger partial charge in [-0.1, -0.05) is 60.2 Å². The molecule has 0 amide bonds. The Bertz CT molecular complexity index is 780. The van der Waals surface area contributed by atoms with Crippen molar-refractivity contribution in [1.29, 1.82) is 0 Å². The first-order valence-corrected chi connectivity index (χ1v) is 7.97. The average Bonchev–Trinajstić information content (AvgIpc) is 3.06. The van der Waals surface area contributed by atoms with Gasteiger partial charge in [0.15, 0.2) is 12.2 Å². The number of benzene rings is 2. The van der Waals surface area contributed by atoms with E-state index >= 15 is 0 Å². The predicted octanol–water partition coefficient (Wildman–Crippen LogP) is 4.71. The van der Waals surface area contributed by atoms with E-state index in [9.17, 15) is 4.79 Å². The van der Waals surface area contributed by atoms with Crippen LogP contribution in [-0.2, 0) is 4.79 Å². The number of carboxylic acid groups (broad SMARTS) is 1. The van der Waals surface area contributed by atoms with Crippen molar-refractivity contribution < 1.29 is 14.3 Å². The van der Waals surface area contributed by atoms with Crippen molar-refractivity contribution in [2.45, 2.75) is 19.1 Å². The molecular formula is C19H19NO3S. The molecule has 1 unspecified atom stereocenters. The number of aromatic nitrogens is 1. The molecule has 1 heterocycles. The fourth-order valence-electron chi connectivity index (χ4n) is 1.96. The van der Waals surface area contributed by atoms with Crippen molar-refractivity contribution in [2.24, 2.45) is 0 Å². The quantitative estimate of drug-likeness (QED) is 0.678. The van der Waals surface area contributed by atoms with Crippen molar-refractivity contribution in [3.8, 4) is 22.6 Å². The third kappa shape index (κ3) is 4.73. The van der Waals surface area contributed by atoms with Crippen molar-refractivity contribution in [1.82, 2.24) is 4.98 Å². The summed E-state index contributed by atoms with van der Waals surface area (Å²) in [5.41, 5.74) is 4.25. The molecule has 124 valence electrons. The number of hydrogen-bond acceptors (Lipinski definition) is 4. The number of thiol groups is 1. The SMILES string of the molecule is CC(S)C(=O)O.Cc1ccc(-c2ocnc2-c2ccccc2)cc1. The van der Waals surface area contributed by atoms with Crippen molar-refractivity contribution >= 4 is 18.6 Å². The normalized spacial score (nSPS) is 11.3. The zero-order valence-corrected chi connectivity index (χ0v) is 14.4. The highest BCUT2D eigenvalue weighted by Crippen LogP contribution is 2.30. The van der Waals surface area contributed by atoms with Crippen LogP contribution in [0.15, 0.2) is 65.4 Å². The Morgan fingerprint density at radius 2 is 1.67 bits per heavy atom. The number of rotatable bonds is 3. The number of aryl methyl sites for hydroxylation is 1. The first kappa shape index (κ1) is 17.8. The molecule has 5 heteroatoms. The molecule has 24 heavy (non-hydrogen) atoms. The second-order valence-corrected chi connectivity index (χ2v) is 6.05. The Labute approximate surface area is 146 Å². The van der Waals surface area contributed by atoms with Crippen LogP contribution in [0.5, 0.6) is 0 Å². The molecule has 0 aliphatic carbocycles. The van der Waals surface area contributed by atoms with Gasteiger partial charge >= 0.3 is 5.97 Å². The van der Waals surface area contributed by atoms with Crippen molar-refractivity contribution in [2.75, 3.05) is 0 Å². The van der Waals surface area contributed by atoms with E-state index in [0.717, 1.165) is 22.6 Å². The fraction of sp³-hybridized carbons (Fsp3) is 0.158. The van der Waals surface area contributed by atoms with Crippen LogP contribution in [0.25, 0.3) is 22.6 Å². The summed E-state index contributed by atoms with van der Waals surface area (Å²) < 4.78 is 5.53. The Hall–Kier alpha value is -2.53. The minimum absolute atomic E-state index is 0.537. The summed E-state index contributed by atoms with van der Waals surface area (Å²) in [4.78, 5) is 13.9. The number of oxazole rings is 1. The van der Waals surface area contributed by atoms with Gasteiger partial charge in [-0.15, -0.1) is 0 Å². The van der Waals surface area contributed by atoms with Crippen molar-refractivity contribution in [3.63, 3.8) is 0 Å². The lowest BCUT2D eigenvalue weighted by atomic mass is 10.0. The zero-order valence-electron chi connectivity index (χ0n) is 13.5. The van der Waals surface area contributed by atoms with Gasteiger partial charge in [-0.2, -0.15) is 12.6 Å². The molecule has 0 aliphatic heterocycles. The molecule has 0 spiro atoms. The highest BCUT2D eigenvalue weighted by molar-refractivity contribution is 7.81. The van der Waals surface area contributed by atoms with Gasteiger partial charge < -0.3 is 9.52 Å². The molecule has 3 rings (SSSR count). The van der Waals surface area contributed by atoms with Crippen LogP contribution >= 0.6 is 12.6 Å². The average molecular weight is 341 g/mol. The molecule has 0 radical (unpaired) electrons. The molecule has 4 nitrogen and oxygen atoms in total. The van der Waals surface area contributed by atoms with Gasteiger partial charge in [-0.05, 0) is 13.8 Å². The van der Waals surface area contributed by atoms with E-state index < -0.39 is 11.2 Å². The van der Waals surface area contributed by atoms with Gasteiger partial charge in [0, 0.05) is 11.1 Å². The van der Waals surface area contributed by atoms with E-state index in [1.165, 1.54) is 18.9 Å². The highest BCUT2D eigenvalue weighted by atomic mass is 32.1. The van der Waals surface area contributed by atoms with E-state index in [4.69, 9.17) is 9.52 Å². The lowest BCUT2D eigenvalue weighted by molar-refractivity contribution is -0.136. The second kappa shape index (κ2) is 8.36. The summed E-state index contributed by atoms with van der Waals surface area (Å²) in [5, 5.41) is 7.38. The minimum Gasteiger partial charge on any atom is -0.480 e. The molecule has 0 saturated heterocycles. The van der Waals surface area contributed by atoms with Crippen LogP contribution in [0.2, 0.25) is 0 Å². The molecule has 0 aliphatic rings. The molecule has 1 aromatic heterocycles. The van der Waals surface area contributed by atoms with E-state index in [0.29, 0.717) is 0 Å². The molecule has 1 N–H and O–H groups in total. The third-order valence-corrected chi connectivity index (χ3v) is 3.51. The number of carboxylic acids is 1. The Morgan fingerprint density at radius 1 is 1.08 bits per heavy atom. The van der Waals surface area contributed by atoms with Gasteiger partial charge in [0.05, 0.1) is 5.25 Å². The van der Waals surface area contributed by atoms with Crippen LogP contribution in [0.3, 0.4) is 0 Å². The summed E-state index contributed by atoms with van der Waals surface area (Å²) in [5.74, 6) is -0.0560. The van der Waals surface area contributed by atoms with Crippen LogP contribution in [0.1, 0.15) is 12.5 Å². The lowest BCUT2D eigenvalue weighted by Gasteiger charge is -2.02. The largest absolute Gasteiger partial charge is 0.480 e. The van der Waals surface area contributed by atoms with Crippen molar-refractivity contribution in [3.05, 3.63) is 66.6 Å². The molecular weight excluding hydrogens is 322 g/mol. The predicted molar refractivity (Wildman–Crippen MR) is 98.2 cm³/mol. The van der Waals surface area contributed by atoms with Gasteiger partial charge in [-0.3, -0.25) is 4.79 Å². The Kier molecular flexibility index (Phi) is 6.21. The monoisotopic (exact) mass is 341 g/mol. The topological polar surface area (TPSA) is 63.3 Å². The number of nitrogens with zero attached hydrogens (tertiary/aromatic N) is 1. The summed E-state index contributed by atoms with van der Waals surface area (Å²) in [7, 11) is 0. The number of hydrogen-bond donors (Lipinski definition) is 2. The lowest BCUT2D eigenvalue weighted by Crippen LogP contribution is -2.06. The van der Waals surface area contributed by atoms with Gasteiger partial charge in [0.1, 0.15) is 5.69 Å². The summed E-state index contributed by atoms with van der Waals surface area (Å²) in [6.45, 7) is 3.58. The van der Waals surface area contributed by atoms with E-state index in [2.05, 4.69) is 48.8 Å². The standard InChI is InChI=1S/C16H13NO.C3H6O2S/c1-12-7-9-14(10-8-12)16-15(17-11-18-16)13-5-3-2-4-6-13;1-2(6)3(4)5/h2-11H,1H3;2,6H,1H3,(H,4,5). The number of carbonyl (C=O) groups is 1. The smallest absolute Gasteiger partial charge is 0.316 e. The van der Waals surface area contributed by atoms with Crippen LogP contribution in [0, 0.1) is 6.92 Å². The zero-order chi connectivity index (χ0) is 17.5. The molecule has 0 saturated carbocycles.